The molecule has 0 bridgehead atoms. The fraction of sp³-hybridized carbons (Fsp3) is 0.591. The highest BCUT2D eigenvalue weighted by Gasteiger charge is 2.22. The average molecular weight is 498 g/mol. The molecule has 156 valence electrons. The van der Waals surface area contributed by atoms with Gasteiger partial charge >= 0.3 is 0 Å². The number of aliphatic imine (C=N–C) groups is 1. The second-order valence-electron chi connectivity index (χ2n) is 7.57. The molecule has 0 spiro atoms. The lowest BCUT2D eigenvalue weighted by Crippen LogP contribution is -2.48. The third kappa shape index (κ3) is 7.62. The first kappa shape index (κ1) is 23.0. The van der Waals surface area contributed by atoms with Gasteiger partial charge in [-0.2, -0.15) is 0 Å². The van der Waals surface area contributed by atoms with Crippen molar-refractivity contribution in [2.75, 3.05) is 32.8 Å². The van der Waals surface area contributed by atoms with E-state index in [2.05, 4.69) is 47.2 Å². The van der Waals surface area contributed by atoms with Crippen LogP contribution in [0.25, 0.3) is 0 Å². The summed E-state index contributed by atoms with van der Waals surface area (Å²) in [5.41, 5.74) is 1.15. The molecule has 1 aliphatic carbocycles. The predicted octanol–water partition coefficient (Wildman–Crippen LogP) is 3.80. The third-order valence-corrected chi connectivity index (χ3v) is 5.21. The molecule has 0 radical (unpaired) electrons. The Hall–Kier alpha value is -1.28. The number of guanidine groups is 1. The summed E-state index contributed by atoms with van der Waals surface area (Å²) in [5.74, 6) is 2.63. The van der Waals surface area contributed by atoms with Crippen molar-refractivity contribution < 1.29 is 4.74 Å². The molecule has 5 nitrogen and oxygen atoms in total. The van der Waals surface area contributed by atoms with Gasteiger partial charge in [-0.05, 0) is 44.6 Å². The van der Waals surface area contributed by atoms with E-state index in [1.165, 1.54) is 12.8 Å². The van der Waals surface area contributed by atoms with Gasteiger partial charge in [-0.25, -0.2) is 4.99 Å². The first-order valence-electron chi connectivity index (χ1n) is 10.4. The highest BCUT2D eigenvalue weighted by atomic mass is 127. The van der Waals surface area contributed by atoms with Crippen LogP contribution in [0.15, 0.2) is 41.9 Å². The molecule has 6 heteroatoms. The maximum absolute atomic E-state index is 6.01. The molecule has 2 aliphatic rings. The van der Waals surface area contributed by atoms with Gasteiger partial charge in [0.25, 0.3) is 0 Å². The predicted molar refractivity (Wildman–Crippen MR) is 128 cm³/mol. The molecule has 0 atom stereocenters. The van der Waals surface area contributed by atoms with Crippen LogP contribution in [0.5, 0.6) is 5.75 Å². The second-order valence-corrected chi connectivity index (χ2v) is 7.57. The fourth-order valence-corrected chi connectivity index (χ4v) is 3.39. The maximum atomic E-state index is 6.01. The minimum Gasteiger partial charge on any atom is -0.493 e. The topological polar surface area (TPSA) is 48.9 Å². The van der Waals surface area contributed by atoms with Crippen LogP contribution in [0.1, 0.15) is 38.2 Å². The normalized spacial score (nSPS) is 18.2. The first-order valence-corrected chi connectivity index (χ1v) is 10.4. The monoisotopic (exact) mass is 498 g/mol. The molecule has 1 saturated heterocycles. The zero-order chi connectivity index (χ0) is 18.9. The van der Waals surface area contributed by atoms with E-state index >= 15 is 0 Å². The van der Waals surface area contributed by atoms with Crippen molar-refractivity contribution in [2.24, 2.45) is 10.9 Å². The zero-order valence-corrected chi connectivity index (χ0v) is 19.4. The van der Waals surface area contributed by atoms with Crippen LogP contribution < -0.4 is 15.4 Å². The summed E-state index contributed by atoms with van der Waals surface area (Å²) in [6, 6.07) is 8.75. The van der Waals surface area contributed by atoms with Crippen LogP contribution >= 0.6 is 24.0 Å². The number of halogens is 1. The number of likely N-dealkylation sites (tertiary alicyclic amines) is 1. The number of benzene rings is 1. The minimum absolute atomic E-state index is 0. The lowest BCUT2D eigenvalue weighted by atomic mass is 10.1. The van der Waals surface area contributed by atoms with Crippen molar-refractivity contribution in [3.05, 3.63) is 42.5 Å². The number of hydrogen-bond acceptors (Lipinski definition) is 3. The van der Waals surface area contributed by atoms with Crippen molar-refractivity contribution in [1.82, 2.24) is 15.5 Å². The van der Waals surface area contributed by atoms with E-state index in [0.29, 0.717) is 12.6 Å². The second kappa shape index (κ2) is 12.3. The zero-order valence-electron chi connectivity index (χ0n) is 17.0. The first-order chi connectivity index (χ1) is 13.3. The number of ether oxygens (including phenoxy) is 1. The highest BCUT2D eigenvalue weighted by molar-refractivity contribution is 14.0. The Morgan fingerprint density at radius 3 is 2.68 bits per heavy atom. The minimum atomic E-state index is 0. The van der Waals surface area contributed by atoms with Gasteiger partial charge in [0.05, 0.1) is 13.2 Å². The number of nitrogens with one attached hydrogen (secondary N) is 2. The highest BCUT2D eigenvalue weighted by Crippen LogP contribution is 2.30. The number of hydrogen-bond donors (Lipinski definition) is 2. The Balaban J connectivity index is 0.00000280. The summed E-state index contributed by atoms with van der Waals surface area (Å²) in [7, 11) is 0. The van der Waals surface area contributed by atoms with E-state index in [0.717, 1.165) is 68.8 Å². The summed E-state index contributed by atoms with van der Waals surface area (Å²) in [5, 5.41) is 7.00. The van der Waals surface area contributed by atoms with E-state index in [9.17, 15) is 0 Å². The van der Waals surface area contributed by atoms with Gasteiger partial charge in [-0.1, -0.05) is 24.3 Å². The fourth-order valence-electron chi connectivity index (χ4n) is 3.39. The van der Waals surface area contributed by atoms with Crippen LogP contribution in [0, 0.1) is 5.92 Å². The smallest absolute Gasteiger partial charge is 0.191 e. The lowest BCUT2D eigenvalue weighted by molar-refractivity contribution is 0.225. The molecule has 0 unspecified atom stereocenters. The molecule has 28 heavy (non-hydrogen) atoms. The average Bonchev–Trinajstić information content (AvgIpc) is 3.51. The van der Waals surface area contributed by atoms with Gasteiger partial charge in [0.2, 0.25) is 0 Å². The van der Waals surface area contributed by atoms with Crippen LogP contribution in [0.3, 0.4) is 0 Å². The summed E-state index contributed by atoms with van der Waals surface area (Å²) in [6.07, 6.45) is 6.88. The molecule has 1 heterocycles. The van der Waals surface area contributed by atoms with Crippen molar-refractivity contribution in [3.63, 3.8) is 0 Å². The number of piperidine rings is 1. The SMILES string of the molecule is C=CCN1CCC(NC(=NCc2ccccc2OCC2CC2)NCC)CC1.I. The van der Waals surface area contributed by atoms with Gasteiger partial charge in [0.15, 0.2) is 5.96 Å². The molecule has 2 N–H and O–H groups in total. The summed E-state index contributed by atoms with van der Waals surface area (Å²) < 4.78 is 6.01. The molecular formula is C22H35IN4O. The Morgan fingerprint density at radius 1 is 1.25 bits per heavy atom. The van der Waals surface area contributed by atoms with Gasteiger partial charge in [0.1, 0.15) is 5.75 Å². The number of para-hydroxylation sites is 1. The molecule has 1 aromatic carbocycles. The van der Waals surface area contributed by atoms with E-state index < -0.39 is 0 Å². The van der Waals surface area contributed by atoms with Crippen LogP contribution in [-0.2, 0) is 6.54 Å². The van der Waals surface area contributed by atoms with E-state index in [1.54, 1.807) is 0 Å². The summed E-state index contributed by atoms with van der Waals surface area (Å²) in [4.78, 5) is 7.27. The van der Waals surface area contributed by atoms with Gasteiger partial charge in [-0.3, -0.25) is 4.90 Å². The Labute approximate surface area is 187 Å². The third-order valence-electron chi connectivity index (χ3n) is 5.21. The largest absolute Gasteiger partial charge is 0.493 e. The van der Waals surface area contributed by atoms with Gasteiger partial charge in [0, 0.05) is 37.8 Å². The van der Waals surface area contributed by atoms with E-state index in [4.69, 9.17) is 9.73 Å². The van der Waals surface area contributed by atoms with Crippen LogP contribution in [-0.4, -0.2) is 49.7 Å². The number of rotatable bonds is 9. The van der Waals surface area contributed by atoms with Crippen molar-refractivity contribution in [1.29, 1.82) is 0 Å². The van der Waals surface area contributed by atoms with Gasteiger partial charge in [-0.15, -0.1) is 30.6 Å². The van der Waals surface area contributed by atoms with E-state index in [-0.39, 0.29) is 24.0 Å². The molecule has 0 amide bonds. The number of nitrogens with zero attached hydrogens (tertiary/aromatic N) is 2. The molecular weight excluding hydrogens is 463 g/mol. The molecule has 0 aromatic heterocycles. The van der Waals surface area contributed by atoms with E-state index in [1.807, 2.05) is 12.1 Å². The molecule has 1 aromatic rings. The lowest BCUT2D eigenvalue weighted by Gasteiger charge is -2.32. The summed E-state index contributed by atoms with van der Waals surface area (Å²) in [6.45, 7) is 11.5. The van der Waals surface area contributed by atoms with Crippen molar-refractivity contribution >= 4 is 29.9 Å². The molecule has 1 aliphatic heterocycles. The quantitative estimate of drug-likeness (QED) is 0.236. The van der Waals surface area contributed by atoms with Gasteiger partial charge < -0.3 is 15.4 Å². The molecule has 1 saturated carbocycles. The van der Waals surface area contributed by atoms with Crippen molar-refractivity contribution in [3.8, 4) is 5.75 Å². The standard InChI is InChI=1S/C22H34N4O.HI/c1-3-13-26-14-11-20(12-15-26)25-22(23-4-2)24-16-19-7-5-6-8-21(19)27-17-18-9-10-18;/h3,5-8,18,20H,1,4,9-17H2,2H3,(H2,23,24,25);1H. The summed E-state index contributed by atoms with van der Waals surface area (Å²) >= 11 is 0. The Kier molecular flexibility index (Phi) is 10.1. The van der Waals surface area contributed by atoms with Crippen LogP contribution in [0.2, 0.25) is 0 Å². The van der Waals surface area contributed by atoms with Crippen LogP contribution in [0.4, 0.5) is 0 Å². The maximum Gasteiger partial charge on any atom is 0.191 e. The molecule has 2 fully saturated rings. The van der Waals surface area contributed by atoms with Crippen molar-refractivity contribution in [2.45, 2.75) is 45.2 Å². The molecule has 3 rings (SSSR count). The Morgan fingerprint density at radius 2 is 2.00 bits per heavy atom. The Bertz CT molecular complexity index is 625.